The molecule has 1 nitrogen and oxygen atoms in total. The van der Waals surface area contributed by atoms with Gasteiger partial charge >= 0.3 is 0 Å². The Kier molecular flexibility index (Phi) is 10.8. The van der Waals surface area contributed by atoms with E-state index in [9.17, 15) is 0 Å². The molecule has 0 fully saturated rings. The maximum Gasteiger partial charge on any atom is 0.0223 e. The molecule has 62 valence electrons. The molecule has 0 aromatic heterocycles. The lowest BCUT2D eigenvalue weighted by Gasteiger charge is -2.07. The molecular weight excluding hydrogens is 122 g/mol. The van der Waals surface area contributed by atoms with E-state index in [4.69, 9.17) is 5.73 Å². The third-order valence-corrected chi connectivity index (χ3v) is 1.05. The van der Waals surface area contributed by atoms with Crippen molar-refractivity contribution in [1.29, 1.82) is 0 Å². The summed E-state index contributed by atoms with van der Waals surface area (Å²) in [6.07, 6.45) is 2.84. The highest BCUT2D eigenvalue weighted by atomic mass is 14.6. The van der Waals surface area contributed by atoms with Gasteiger partial charge < -0.3 is 5.73 Å². The zero-order valence-corrected chi connectivity index (χ0v) is 7.72. The fraction of sp³-hybridized carbons (Fsp3) is 0.778. The molecule has 0 saturated heterocycles. The van der Waals surface area contributed by atoms with E-state index in [0.29, 0.717) is 5.92 Å². The van der Waals surface area contributed by atoms with E-state index in [1.165, 1.54) is 0 Å². The van der Waals surface area contributed by atoms with Crippen LogP contribution in [0.25, 0.3) is 0 Å². The Morgan fingerprint density at radius 1 is 1.40 bits per heavy atom. The van der Waals surface area contributed by atoms with Crippen molar-refractivity contribution in [2.24, 2.45) is 11.7 Å². The average molecular weight is 143 g/mol. The van der Waals surface area contributed by atoms with Crippen molar-refractivity contribution in [3.8, 4) is 0 Å². The van der Waals surface area contributed by atoms with E-state index in [0.717, 1.165) is 6.42 Å². The van der Waals surface area contributed by atoms with Gasteiger partial charge in [-0.1, -0.05) is 33.8 Å². The van der Waals surface area contributed by atoms with Gasteiger partial charge in [0.2, 0.25) is 0 Å². The molecule has 1 unspecified atom stereocenters. The summed E-state index contributed by atoms with van der Waals surface area (Å²) in [5.41, 5.74) is 5.56. The van der Waals surface area contributed by atoms with Crippen LogP contribution in [0.3, 0.4) is 0 Å². The minimum atomic E-state index is 0.190. The van der Waals surface area contributed by atoms with E-state index in [-0.39, 0.29) is 6.04 Å². The molecule has 0 bridgehead atoms. The van der Waals surface area contributed by atoms with Gasteiger partial charge in [0.05, 0.1) is 0 Å². The van der Waals surface area contributed by atoms with Crippen molar-refractivity contribution in [2.45, 2.75) is 40.2 Å². The molecule has 0 aromatic rings. The molecule has 0 aliphatic carbocycles. The van der Waals surface area contributed by atoms with E-state index < -0.39 is 0 Å². The molecule has 0 aromatic carbocycles. The second kappa shape index (κ2) is 8.70. The predicted molar refractivity (Wildman–Crippen MR) is 49.0 cm³/mol. The molecule has 10 heavy (non-hydrogen) atoms. The zero-order chi connectivity index (χ0) is 8.57. The largest absolute Gasteiger partial charge is 0.324 e. The van der Waals surface area contributed by atoms with Gasteiger partial charge in [0, 0.05) is 6.04 Å². The van der Waals surface area contributed by atoms with Crippen LogP contribution in [0.4, 0.5) is 0 Å². The van der Waals surface area contributed by atoms with Crippen molar-refractivity contribution >= 4 is 0 Å². The maximum absolute atomic E-state index is 5.56. The highest BCUT2D eigenvalue weighted by molar-refractivity contribution is 4.82. The van der Waals surface area contributed by atoms with Gasteiger partial charge in [0.15, 0.2) is 0 Å². The topological polar surface area (TPSA) is 26.0 Å². The van der Waals surface area contributed by atoms with Gasteiger partial charge in [-0.25, -0.2) is 0 Å². The van der Waals surface area contributed by atoms with E-state index >= 15 is 0 Å². The molecule has 0 amide bonds. The van der Waals surface area contributed by atoms with Gasteiger partial charge in [0.25, 0.3) is 0 Å². The van der Waals surface area contributed by atoms with Crippen molar-refractivity contribution in [3.63, 3.8) is 0 Å². The number of rotatable bonds is 3. The molecule has 1 atom stereocenters. The molecule has 1 heteroatoms. The van der Waals surface area contributed by atoms with Gasteiger partial charge in [-0.15, -0.1) is 6.58 Å². The summed E-state index contributed by atoms with van der Waals surface area (Å²) in [6, 6.07) is 0.190. The minimum absolute atomic E-state index is 0.190. The molecule has 0 radical (unpaired) electrons. The molecule has 0 heterocycles. The Morgan fingerprint density at radius 3 is 1.90 bits per heavy atom. The summed E-state index contributed by atoms with van der Waals surface area (Å²) in [5.74, 6) is 0.683. The molecule has 0 rings (SSSR count). The highest BCUT2D eigenvalue weighted by Gasteiger charge is 1.98. The van der Waals surface area contributed by atoms with Crippen molar-refractivity contribution in [2.75, 3.05) is 0 Å². The normalized spacial score (nSPS) is 11.8. The molecular formula is C9H21N. The smallest absolute Gasteiger partial charge is 0.0223 e. The molecule has 2 N–H and O–H groups in total. The number of hydrogen-bond donors (Lipinski definition) is 1. The standard InChI is InChI=1S/C7H15N.C2H6/c1-4-7(8)5-6(2)3;1-2/h4,6-7H,1,5,8H2,2-3H3;1-2H3. The fourth-order valence-corrected chi connectivity index (χ4v) is 0.641. The van der Waals surface area contributed by atoms with Crippen molar-refractivity contribution in [1.82, 2.24) is 0 Å². The maximum atomic E-state index is 5.56. The summed E-state index contributed by atoms with van der Waals surface area (Å²) in [5, 5.41) is 0. The third-order valence-electron chi connectivity index (χ3n) is 1.05. The Balaban J connectivity index is 0. The van der Waals surface area contributed by atoms with E-state index in [1.807, 2.05) is 13.8 Å². The summed E-state index contributed by atoms with van der Waals surface area (Å²) in [6.45, 7) is 11.9. The van der Waals surface area contributed by atoms with E-state index in [1.54, 1.807) is 6.08 Å². The monoisotopic (exact) mass is 143 g/mol. The molecule has 0 saturated carbocycles. The Hall–Kier alpha value is -0.300. The molecule has 0 aliphatic rings. The van der Waals surface area contributed by atoms with Gasteiger partial charge in [-0.2, -0.15) is 0 Å². The first-order chi connectivity index (χ1) is 4.66. The zero-order valence-electron chi connectivity index (χ0n) is 7.72. The van der Waals surface area contributed by atoms with E-state index in [2.05, 4.69) is 20.4 Å². The van der Waals surface area contributed by atoms with Crippen molar-refractivity contribution < 1.29 is 0 Å². The number of hydrogen-bond acceptors (Lipinski definition) is 1. The van der Waals surface area contributed by atoms with Crippen LogP contribution in [0.5, 0.6) is 0 Å². The van der Waals surface area contributed by atoms with Crippen LogP contribution in [0.1, 0.15) is 34.1 Å². The lowest BCUT2D eigenvalue weighted by atomic mass is 10.1. The second-order valence-corrected chi connectivity index (χ2v) is 2.53. The van der Waals surface area contributed by atoms with Crippen LogP contribution in [-0.2, 0) is 0 Å². The number of nitrogens with two attached hydrogens (primary N) is 1. The third kappa shape index (κ3) is 10.6. The summed E-state index contributed by atoms with van der Waals surface area (Å²) >= 11 is 0. The Morgan fingerprint density at radius 2 is 1.80 bits per heavy atom. The van der Waals surface area contributed by atoms with Crippen LogP contribution >= 0.6 is 0 Å². The molecule has 0 aliphatic heterocycles. The van der Waals surface area contributed by atoms with Crippen LogP contribution in [0, 0.1) is 5.92 Å². The van der Waals surface area contributed by atoms with Gasteiger partial charge in [-0.05, 0) is 12.3 Å². The van der Waals surface area contributed by atoms with Crippen molar-refractivity contribution in [3.05, 3.63) is 12.7 Å². The summed E-state index contributed by atoms with van der Waals surface area (Å²) < 4.78 is 0. The molecule has 0 spiro atoms. The lowest BCUT2D eigenvalue weighted by molar-refractivity contribution is 0.547. The quantitative estimate of drug-likeness (QED) is 0.604. The van der Waals surface area contributed by atoms with Gasteiger partial charge in [0.1, 0.15) is 0 Å². The first kappa shape index (κ1) is 12.4. The fourth-order valence-electron chi connectivity index (χ4n) is 0.641. The average Bonchev–Trinajstić information content (AvgIpc) is 1.91. The summed E-state index contributed by atoms with van der Waals surface area (Å²) in [7, 11) is 0. The van der Waals surface area contributed by atoms with Crippen LogP contribution in [-0.4, -0.2) is 6.04 Å². The van der Waals surface area contributed by atoms with Crippen LogP contribution in [0.2, 0.25) is 0 Å². The highest BCUT2D eigenvalue weighted by Crippen LogP contribution is 2.01. The SMILES string of the molecule is C=CC(N)CC(C)C.CC. The van der Waals surface area contributed by atoms with Crippen LogP contribution in [0.15, 0.2) is 12.7 Å². The first-order valence-corrected chi connectivity index (χ1v) is 4.05. The lowest BCUT2D eigenvalue weighted by Crippen LogP contribution is -2.18. The predicted octanol–water partition coefficient (Wildman–Crippen LogP) is 2.57. The van der Waals surface area contributed by atoms with Gasteiger partial charge in [-0.3, -0.25) is 0 Å². The second-order valence-electron chi connectivity index (χ2n) is 2.53. The Labute approximate surface area is 65.3 Å². The minimum Gasteiger partial charge on any atom is -0.324 e. The Bertz CT molecular complexity index is 67.1. The summed E-state index contributed by atoms with van der Waals surface area (Å²) in [4.78, 5) is 0. The van der Waals surface area contributed by atoms with Crippen LogP contribution < -0.4 is 5.73 Å². The first-order valence-electron chi connectivity index (χ1n) is 4.05.